The molecular weight excluding hydrogens is 326 g/mol. The first-order chi connectivity index (χ1) is 12.7. The summed E-state index contributed by atoms with van der Waals surface area (Å²) in [6.45, 7) is 7.69. The molecule has 1 aromatic rings. The Balaban J connectivity index is 1.13. The predicted molar refractivity (Wildman–Crippen MR) is 102 cm³/mol. The van der Waals surface area contributed by atoms with Crippen LogP contribution < -0.4 is 10.1 Å². The number of hydrogen-bond acceptors (Lipinski definition) is 3. The van der Waals surface area contributed by atoms with Crippen molar-refractivity contribution in [2.75, 3.05) is 26.2 Å². The summed E-state index contributed by atoms with van der Waals surface area (Å²) in [5, 5.41) is 3.51. The van der Waals surface area contributed by atoms with Gasteiger partial charge in [0.1, 0.15) is 11.9 Å². The number of nitrogens with one attached hydrogen (secondary N) is 1. The first kappa shape index (κ1) is 17.4. The highest BCUT2D eigenvalue weighted by Gasteiger charge is 2.42. The number of rotatable bonds is 7. The largest absolute Gasteiger partial charge is 0.489 e. The van der Waals surface area contributed by atoms with Gasteiger partial charge in [-0.25, -0.2) is 4.79 Å². The van der Waals surface area contributed by atoms with Gasteiger partial charge >= 0.3 is 6.03 Å². The number of unbranched alkanes of at least 4 members (excludes halogenated alkanes) is 1. The summed E-state index contributed by atoms with van der Waals surface area (Å²) in [7, 11) is 0. The van der Waals surface area contributed by atoms with E-state index >= 15 is 0 Å². The van der Waals surface area contributed by atoms with Gasteiger partial charge in [-0.2, -0.15) is 0 Å². The summed E-state index contributed by atoms with van der Waals surface area (Å²) in [5.41, 5.74) is 2.33. The Kier molecular flexibility index (Phi) is 5.16. The summed E-state index contributed by atoms with van der Waals surface area (Å²) < 4.78 is 6.06. The van der Waals surface area contributed by atoms with E-state index in [1.165, 1.54) is 5.56 Å². The van der Waals surface area contributed by atoms with Crippen molar-refractivity contribution >= 4 is 6.03 Å². The van der Waals surface area contributed by atoms with Crippen LogP contribution in [0.25, 0.3) is 0 Å². The van der Waals surface area contributed by atoms with Crippen molar-refractivity contribution in [3.05, 3.63) is 42.1 Å². The maximum atomic E-state index is 12.4. The molecule has 0 aliphatic carbocycles. The molecule has 3 aliphatic rings. The molecule has 1 N–H and O–H groups in total. The third-order valence-electron chi connectivity index (χ3n) is 5.82. The monoisotopic (exact) mass is 355 g/mol. The maximum Gasteiger partial charge on any atom is 0.324 e. The quantitative estimate of drug-likeness (QED) is 0.764. The van der Waals surface area contributed by atoms with Crippen LogP contribution in [0.2, 0.25) is 0 Å². The van der Waals surface area contributed by atoms with Gasteiger partial charge in [-0.1, -0.05) is 24.8 Å². The molecule has 0 bridgehead atoms. The van der Waals surface area contributed by atoms with Crippen LogP contribution in [0.3, 0.4) is 0 Å². The van der Waals surface area contributed by atoms with Crippen LogP contribution in [0.5, 0.6) is 5.75 Å². The minimum absolute atomic E-state index is 0.166. The minimum atomic E-state index is 0.166. The molecular formula is C21H29N3O2. The molecule has 26 heavy (non-hydrogen) atoms. The molecule has 2 fully saturated rings. The summed E-state index contributed by atoms with van der Waals surface area (Å²) in [6.07, 6.45) is 6.69. The number of benzene rings is 1. The summed E-state index contributed by atoms with van der Waals surface area (Å²) in [4.78, 5) is 16.3. The number of aryl methyl sites for hydroxylation is 1. The summed E-state index contributed by atoms with van der Waals surface area (Å²) in [6, 6.07) is 8.76. The highest BCUT2D eigenvalue weighted by atomic mass is 16.5. The standard InChI is InChI=1S/C21H29N3O2/c1-16-19-8-6-14-24(19)21(25)23(16)13-5-4-12-22-15-18-11-10-17-7-2-3-9-20(17)26-18/h2-3,7,9,18-19,22H,1,4-6,8,10-15H2. The zero-order valence-corrected chi connectivity index (χ0v) is 15.5. The smallest absolute Gasteiger partial charge is 0.324 e. The van der Waals surface area contributed by atoms with E-state index in [1.54, 1.807) is 0 Å². The van der Waals surface area contributed by atoms with Crippen molar-refractivity contribution in [1.82, 2.24) is 15.1 Å². The molecule has 140 valence electrons. The van der Waals surface area contributed by atoms with E-state index < -0.39 is 0 Å². The second-order valence-electron chi connectivity index (χ2n) is 7.57. The normalized spacial score (nSPS) is 24.6. The average Bonchev–Trinajstić information content (AvgIpc) is 3.23. The van der Waals surface area contributed by atoms with Crippen LogP contribution in [-0.4, -0.2) is 54.2 Å². The van der Waals surface area contributed by atoms with Gasteiger partial charge < -0.3 is 15.0 Å². The topological polar surface area (TPSA) is 44.8 Å². The zero-order valence-electron chi connectivity index (χ0n) is 15.5. The van der Waals surface area contributed by atoms with Gasteiger partial charge in [-0.3, -0.25) is 4.90 Å². The average molecular weight is 355 g/mol. The maximum absolute atomic E-state index is 12.4. The van der Waals surface area contributed by atoms with Gasteiger partial charge in [0.2, 0.25) is 0 Å². The van der Waals surface area contributed by atoms with E-state index in [1.807, 2.05) is 15.9 Å². The lowest BCUT2D eigenvalue weighted by molar-refractivity contribution is 0.170. The van der Waals surface area contributed by atoms with Gasteiger partial charge in [0.15, 0.2) is 0 Å². The lowest BCUT2D eigenvalue weighted by Crippen LogP contribution is -2.35. The Morgan fingerprint density at radius 1 is 1.23 bits per heavy atom. The number of carbonyl (C=O) groups excluding carboxylic acids is 1. The number of amides is 2. The Hall–Kier alpha value is -2.01. The molecule has 0 aromatic heterocycles. The lowest BCUT2D eigenvalue weighted by atomic mass is 10.0. The van der Waals surface area contributed by atoms with E-state index in [0.29, 0.717) is 0 Å². The molecule has 4 rings (SSSR count). The minimum Gasteiger partial charge on any atom is -0.489 e. The molecule has 5 heteroatoms. The number of para-hydroxylation sites is 1. The molecule has 3 aliphatic heterocycles. The first-order valence-corrected chi connectivity index (χ1v) is 9.96. The number of hydrogen-bond donors (Lipinski definition) is 1. The zero-order chi connectivity index (χ0) is 17.9. The highest BCUT2D eigenvalue weighted by Crippen LogP contribution is 2.33. The van der Waals surface area contributed by atoms with Crippen LogP contribution in [-0.2, 0) is 6.42 Å². The van der Waals surface area contributed by atoms with Crippen LogP contribution in [0.15, 0.2) is 36.5 Å². The molecule has 2 atom stereocenters. The van der Waals surface area contributed by atoms with Gasteiger partial charge in [0.05, 0.1) is 6.04 Å². The number of urea groups is 1. The van der Waals surface area contributed by atoms with E-state index in [9.17, 15) is 4.79 Å². The van der Waals surface area contributed by atoms with Gasteiger partial charge in [-0.05, 0) is 56.7 Å². The van der Waals surface area contributed by atoms with E-state index in [2.05, 4.69) is 30.1 Å². The summed E-state index contributed by atoms with van der Waals surface area (Å²) >= 11 is 0. The third kappa shape index (κ3) is 3.45. The molecule has 2 amide bonds. The second-order valence-corrected chi connectivity index (χ2v) is 7.57. The Bertz CT molecular complexity index is 653. The van der Waals surface area contributed by atoms with Crippen molar-refractivity contribution in [1.29, 1.82) is 0 Å². The van der Waals surface area contributed by atoms with Crippen molar-refractivity contribution in [3.8, 4) is 5.75 Å². The number of nitrogens with zero attached hydrogens (tertiary/aromatic N) is 2. The molecule has 5 nitrogen and oxygen atoms in total. The molecule has 0 radical (unpaired) electrons. The molecule has 0 spiro atoms. The van der Waals surface area contributed by atoms with Gasteiger partial charge in [0.25, 0.3) is 0 Å². The molecule has 3 heterocycles. The fourth-order valence-corrected chi connectivity index (χ4v) is 4.35. The molecule has 2 unspecified atom stereocenters. The van der Waals surface area contributed by atoms with Gasteiger partial charge in [0, 0.05) is 25.3 Å². The van der Waals surface area contributed by atoms with Gasteiger partial charge in [-0.15, -0.1) is 0 Å². The third-order valence-corrected chi connectivity index (χ3v) is 5.82. The van der Waals surface area contributed by atoms with Crippen molar-refractivity contribution in [2.45, 2.75) is 50.7 Å². The number of carbonyl (C=O) groups is 1. The molecule has 2 saturated heterocycles. The van der Waals surface area contributed by atoms with Crippen molar-refractivity contribution < 1.29 is 9.53 Å². The van der Waals surface area contributed by atoms with Crippen LogP contribution in [0.1, 0.15) is 37.7 Å². The fourth-order valence-electron chi connectivity index (χ4n) is 4.35. The van der Waals surface area contributed by atoms with E-state index in [-0.39, 0.29) is 18.2 Å². The van der Waals surface area contributed by atoms with Crippen molar-refractivity contribution in [2.24, 2.45) is 0 Å². The SMILES string of the molecule is C=C1C2CCCN2C(=O)N1CCCCNCC1CCc2ccccc2O1. The Morgan fingerprint density at radius 2 is 2.12 bits per heavy atom. The van der Waals surface area contributed by atoms with Crippen LogP contribution in [0.4, 0.5) is 4.79 Å². The summed E-state index contributed by atoms with van der Waals surface area (Å²) in [5.74, 6) is 1.04. The lowest BCUT2D eigenvalue weighted by Gasteiger charge is -2.26. The first-order valence-electron chi connectivity index (χ1n) is 9.96. The van der Waals surface area contributed by atoms with Crippen LogP contribution >= 0.6 is 0 Å². The van der Waals surface area contributed by atoms with E-state index in [4.69, 9.17) is 4.74 Å². The fraction of sp³-hybridized carbons (Fsp3) is 0.571. The Morgan fingerprint density at radius 3 is 3.00 bits per heavy atom. The second kappa shape index (κ2) is 7.70. The van der Waals surface area contributed by atoms with E-state index in [0.717, 1.165) is 76.2 Å². The molecule has 1 aromatic carbocycles. The molecule has 0 saturated carbocycles. The highest BCUT2D eigenvalue weighted by molar-refractivity contribution is 5.81. The number of fused-ring (bicyclic) bond motifs is 2. The van der Waals surface area contributed by atoms with Crippen LogP contribution in [0, 0.1) is 0 Å². The number of ether oxygens (including phenoxy) is 1. The Labute approximate surface area is 156 Å². The predicted octanol–water partition coefficient (Wildman–Crippen LogP) is 3.16. The van der Waals surface area contributed by atoms with Crippen molar-refractivity contribution in [3.63, 3.8) is 0 Å².